The zero-order valence-corrected chi connectivity index (χ0v) is 11.4. The van der Waals surface area contributed by atoms with Crippen LogP contribution < -0.4 is 0 Å². The van der Waals surface area contributed by atoms with Gasteiger partial charge >= 0.3 is 0 Å². The molecule has 0 bridgehead atoms. The fourth-order valence-electron chi connectivity index (χ4n) is 2.17. The fraction of sp³-hybridized carbons (Fsp3) is 0.0714. The molecule has 5 nitrogen and oxygen atoms in total. The normalized spacial score (nSPS) is 11.2. The van der Waals surface area contributed by atoms with Crippen molar-refractivity contribution in [3.8, 4) is 11.3 Å². The Kier molecular flexibility index (Phi) is 2.60. The molecule has 0 unspecified atom stereocenters. The molecule has 0 radical (unpaired) electrons. The molecule has 0 spiro atoms. The maximum Gasteiger partial charge on any atom is 0.194 e. The van der Waals surface area contributed by atoms with Crippen LogP contribution in [0.1, 0.15) is 5.69 Å². The highest BCUT2D eigenvalue weighted by molar-refractivity contribution is 7.15. The summed E-state index contributed by atoms with van der Waals surface area (Å²) in [7, 11) is 0. The Morgan fingerprint density at radius 3 is 2.85 bits per heavy atom. The largest absolute Gasteiger partial charge is 0.292 e. The third-order valence-corrected chi connectivity index (χ3v) is 4.03. The number of rotatable bonds is 3. The van der Waals surface area contributed by atoms with Gasteiger partial charge in [-0.05, 0) is 0 Å². The van der Waals surface area contributed by atoms with Crippen molar-refractivity contribution in [3.05, 3.63) is 60.3 Å². The van der Waals surface area contributed by atoms with Gasteiger partial charge < -0.3 is 0 Å². The molecule has 0 fully saturated rings. The van der Waals surface area contributed by atoms with Crippen molar-refractivity contribution in [2.24, 2.45) is 0 Å². The monoisotopic (exact) mass is 281 g/mol. The summed E-state index contributed by atoms with van der Waals surface area (Å²) < 4.78 is 3.93. The molecule has 4 aromatic rings. The minimum atomic E-state index is 0.699. The Hall–Kier alpha value is -2.47. The zero-order valence-electron chi connectivity index (χ0n) is 10.5. The summed E-state index contributed by atoms with van der Waals surface area (Å²) in [6.07, 6.45) is 5.35. The number of hydrogen-bond donors (Lipinski definition) is 0. The molecule has 0 N–H and O–H groups in total. The Balaban J connectivity index is 1.75. The molecular weight excluding hydrogens is 270 g/mol. The topological polar surface area (TPSA) is 48.0 Å². The summed E-state index contributed by atoms with van der Waals surface area (Å²) in [6, 6.07) is 10.2. The molecule has 1 aromatic carbocycles. The highest BCUT2D eigenvalue weighted by Crippen LogP contribution is 2.23. The van der Waals surface area contributed by atoms with Gasteiger partial charge in [0.2, 0.25) is 0 Å². The van der Waals surface area contributed by atoms with Gasteiger partial charge in [0.05, 0.1) is 17.9 Å². The molecule has 0 atom stereocenters. The molecule has 4 rings (SSSR count). The number of fused-ring (bicyclic) bond motifs is 1. The highest BCUT2D eigenvalue weighted by atomic mass is 32.1. The van der Waals surface area contributed by atoms with E-state index in [0.29, 0.717) is 6.54 Å². The van der Waals surface area contributed by atoms with Crippen molar-refractivity contribution in [2.45, 2.75) is 6.54 Å². The lowest BCUT2D eigenvalue weighted by atomic mass is 10.2. The first-order chi connectivity index (χ1) is 9.90. The van der Waals surface area contributed by atoms with E-state index >= 15 is 0 Å². The Bertz CT molecular complexity index is 829. The van der Waals surface area contributed by atoms with Gasteiger partial charge in [0.25, 0.3) is 0 Å². The van der Waals surface area contributed by atoms with Gasteiger partial charge in [0.1, 0.15) is 12.7 Å². The van der Waals surface area contributed by atoms with E-state index in [4.69, 9.17) is 0 Å². The minimum Gasteiger partial charge on any atom is -0.292 e. The number of imidazole rings is 1. The van der Waals surface area contributed by atoms with Crippen LogP contribution in [0.2, 0.25) is 0 Å². The van der Waals surface area contributed by atoms with Crippen molar-refractivity contribution in [3.63, 3.8) is 0 Å². The molecule has 3 heterocycles. The molecular formula is C14H11N5S. The lowest BCUT2D eigenvalue weighted by molar-refractivity contribution is 0.667. The lowest BCUT2D eigenvalue weighted by Gasteiger charge is -1.98. The average Bonchev–Trinajstić information content (AvgIpc) is 3.19. The second-order valence-electron chi connectivity index (χ2n) is 4.46. The van der Waals surface area contributed by atoms with Gasteiger partial charge in [-0.25, -0.2) is 14.6 Å². The zero-order chi connectivity index (χ0) is 13.4. The number of benzene rings is 1. The molecule has 6 heteroatoms. The van der Waals surface area contributed by atoms with E-state index in [9.17, 15) is 0 Å². The van der Waals surface area contributed by atoms with E-state index in [1.165, 1.54) is 0 Å². The first-order valence-corrected chi connectivity index (χ1v) is 7.11. The number of aromatic nitrogens is 5. The first-order valence-electron chi connectivity index (χ1n) is 6.23. The summed E-state index contributed by atoms with van der Waals surface area (Å²) in [5.74, 6) is 0. The summed E-state index contributed by atoms with van der Waals surface area (Å²) in [5.41, 5.74) is 3.29. The molecule has 3 aromatic heterocycles. The van der Waals surface area contributed by atoms with E-state index in [2.05, 4.69) is 43.2 Å². The average molecular weight is 281 g/mol. The van der Waals surface area contributed by atoms with Gasteiger partial charge in [-0.2, -0.15) is 5.10 Å². The Morgan fingerprint density at radius 2 is 2.05 bits per heavy atom. The lowest BCUT2D eigenvalue weighted by Crippen LogP contribution is -2.02. The molecule has 20 heavy (non-hydrogen) atoms. The number of thiazole rings is 1. The molecule has 0 aliphatic rings. The van der Waals surface area contributed by atoms with Gasteiger partial charge in [0.15, 0.2) is 4.96 Å². The third-order valence-electron chi connectivity index (χ3n) is 3.14. The van der Waals surface area contributed by atoms with Gasteiger partial charge in [0, 0.05) is 17.1 Å². The van der Waals surface area contributed by atoms with Gasteiger partial charge in [-0.15, -0.1) is 11.3 Å². The van der Waals surface area contributed by atoms with E-state index in [1.54, 1.807) is 24.0 Å². The fourth-order valence-corrected chi connectivity index (χ4v) is 3.04. The summed E-state index contributed by atoms with van der Waals surface area (Å²) in [6.45, 7) is 0.699. The van der Waals surface area contributed by atoms with Crippen LogP contribution in [-0.2, 0) is 6.54 Å². The second-order valence-corrected chi connectivity index (χ2v) is 5.30. The van der Waals surface area contributed by atoms with E-state index < -0.39 is 0 Å². The molecule has 0 saturated heterocycles. The molecule has 98 valence electrons. The van der Waals surface area contributed by atoms with Crippen molar-refractivity contribution in [1.82, 2.24) is 24.1 Å². The van der Waals surface area contributed by atoms with Crippen LogP contribution >= 0.6 is 11.3 Å². The first kappa shape index (κ1) is 11.4. The van der Waals surface area contributed by atoms with Crippen LogP contribution in [0.15, 0.2) is 54.6 Å². The second kappa shape index (κ2) is 4.57. The smallest absolute Gasteiger partial charge is 0.194 e. The predicted molar refractivity (Wildman–Crippen MR) is 77.6 cm³/mol. The predicted octanol–water partition coefficient (Wildman–Crippen LogP) is 2.70. The summed E-state index contributed by atoms with van der Waals surface area (Å²) >= 11 is 1.64. The van der Waals surface area contributed by atoms with Crippen molar-refractivity contribution in [1.29, 1.82) is 0 Å². The standard InChI is InChI=1S/C14H11N5S/c1-2-4-11(5-3-1)13-7-19-12(8-20-14(19)17-13)6-18-10-15-9-16-18/h1-5,7-10H,6H2. The molecule has 0 aliphatic carbocycles. The van der Waals surface area contributed by atoms with Crippen LogP contribution in [0.5, 0.6) is 0 Å². The van der Waals surface area contributed by atoms with Gasteiger partial charge in [-0.3, -0.25) is 4.40 Å². The number of nitrogens with zero attached hydrogens (tertiary/aromatic N) is 5. The van der Waals surface area contributed by atoms with Gasteiger partial charge in [-0.1, -0.05) is 30.3 Å². The third kappa shape index (κ3) is 1.90. The highest BCUT2D eigenvalue weighted by Gasteiger charge is 2.09. The Morgan fingerprint density at radius 1 is 1.15 bits per heavy atom. The van der Waals surface area contributed by atoms with Crippen molar-refractivity contribution in [2.75, 3.05) is 0 Å². The summed E-state index contributed by atoms with van der Waals surface area (Å²) in [4.78, 5) is 9.63. The van der Waals surface area contributed by atoms with Crippen LogP contribution in [0.3, 0.4) is 0 Å². The number of hydrogen-bond acceptors (Lipinski definition) is 4. The minimum absolute atomic E-state index is 0.699. The van der Waals surface area contributed by atoms with Crippen molar-refractivity contribution >= 4 is 16.3 Å². The van der Waals surface area contributed by atoms with Crippen LogP contribution in [0, 0.1) is 0 Å². The maximum atomic E-state index is 4.67. The van der Waals surface area contributed by atoms with E-state index in [1.807, 2.05) is 22.9 Å². The summed E-state index contributed by atoms with van der Waals surface area (Å²) in [5, 5.41) is 6.25. The Labute approximate surface area is 119 Å². The van der Waals surface area contributed by atoms with Crippen LogP contribution in [-0.4, -0.2) is 24.1 Å². The molecule has 0 amide bonds. The van der Waals surface area contributed by atoms with E-state index in [-0.39, 0.29) is 0 Å². The molecule has 0 aliphatic heterocycles. The SMILES string of the molecule is c1ccc(-c2cn3c(Cn4cncn4)csc3n2)cc1. The molecule has 0 saturated carbocycles. The quantitative estimate of drug-likeness (QED) is 0.580. The maximum absolute atomic E-state index is 4.67. The van der Waals surface area contributed by atoms with Crippen molar-refractivity contribution < 1.29 is 0 Å². The van der Waals surface area contributed by atoms with E-state index in [0.717, 1.165) is 21.9 Å². The van der Waals surface area contributed by atoms with Crippen LogP contribution in [0.25, 0.3) is 16.2 Å². The van der Waals surface area contributed by atoms with Crippen LogP contribution in [0.4, 0.5) is 0 Å².